The van der Waals surface area contributed by atoms with Gasteiger partial charge in [-0.15, -0.1) is 10.2 Å². The summed E-state index contributed by atoms with van der Waals surface area (Å²) in [6.07, 6.45) is 0. The highest BCUT2D eigenvalue weighted by atomic mass is 32.2. The Bertz CT molecular complexity index is 1180. The number of benzene rings is 2. The van der Waals surface area contributed by atoms with Crippen LogP contribution in [-0.2, 0) is 9.53 Å². The van der Waals surface area contributed by atoms with Crippen LogP contribution in [0.3, 0.4) is 0 Å². The number of nitrogens with one attached hydrogen (secondary N) is 1. The van der Waals surface area contributed by atoms with Crippen molar-refractivity contribution >= 4 is 55.6 Å². The number of rotatable bonds is 5. The molecule has 9 heteroatoms. The van der Waals surface area contributed by atoms with E-state index in [0.29, 0.717) is 0 Å². The number of anilines is 2. The van der Waals surface area contributed by atoms with Crippen molar-refractivity contribution in [3.05, 3.63) is 48.5 Å². The summed E-state index contributed by atoms with van der Waals surface area (Å²) in [4.78, 5) is 15.9. The second-order valence-corrected chi connectivity index (χ2v) is 9.38. The number of carbonyl (C=O) groups is 1. The SMILES string of the molecule is C[C@@H](Sc1nnc2sc3ccccc3n12)C(=O)Nc1ccc(N2CCOCC2)cc1. The number of ether oxygens (including phenoxy) is 1. The molecule has 5 rings (SSSR count). The zero-order valence-corrected chi connectivity index (χ0v) is 18.1. The Morgan fingerprint density at radius 2 is 1.90 bits per heavy atom. The van der Waals surface area contributed by atoms with E-state index in [4.69, 9.17) is 4.74 Å². The summed E-state index contributed by atoms with van der Waals surface area (Å²) in [5.74, 6) is -0.0598. The van der Waals surface area contributed by atoms with Crippen molar-refractivity contribution in [1.29, 1.82) is 0 Å². The molecule has 0 bridgehead atoms. The standard InChI is InChI=1S/C21H21N5O2S2/c1-14(29-20-23-24-21-26(20)17-4-2-3-5-18(17)30-21)19(27)22-15-6-8-16(9-7-15)25-10-12-28-13-11-25/h2-9,14H,10-13H2,1H3,(H,22,27)/t14-/m1/s1. The number of morpholine rings is 1. The van der Waals surface area contributed by atoms with Crippen molar-refractivity contribution in [3.8, 4) is 0 Å². The Labute approximate surface area is 182 Å². The van der Waals surface area contributed by atoms with E-state index in [9.17, 15) is 4.79 Å². The molecule has 1 atom stereocenters. The number of fused-ring (bicyclic) bond motifs is 3. The van der Waals surface area contributed by atoms with Crippen LogP contribution >= 0.6 is 23.1 Å². The molecule has 1 amide bonds. The fourth-order valence-electron chi connectivity index (χ4n) is 3.46. The first-order valence-electron chi connectivity index (χ1n) is 9.82. The van der Waals surface area contributed by atoms with E-state index in [1.807, 2.05) is 53.8 Å². The van der Waals surface area contributed by atoms with Gasteiger partial charge in [-0.25, -0.2) is 0 Å². The monoisotopic (exact) mass is 439 g/mol. The molecule has 2 aromatic heterocycles. The number of hydrogen-bond donors (Lipinski definition) is 1. The number of thioether (sulfide) groups is 1. The number of thiazole rings is 1. The molecule has 1 saturated heterocycles. The van der Waals surface area contributed by atoms with Gasteiger partial charge in [0, 0.05) is 24.5 Å². The molecule has 2 aromatic carbocycles. The smallest absolute Gasteiger partial charge is 0.237 e. The average Bonchev–Trinajstić information content (AvgIpc) is 3.34. The maximum atomic E-state index is 12.7. The van der Waals surface area contributed by atoms with Gasteiger partial charge < -0.3 is 15.0 Å². The van der Waals surface area contributed by atoms with Gasteiger partial charge in [-0.1, -0.05) is 35.2 Å². The summed E-state index contributed by atoms with van der Waals surface area (Å²) in [6.45, 7) is 5.18. The molecule has 0 unspecified atom stereocenters. The Morgan fingerprint density at radius 3 is 2.70 bits per heavy atom. The third-order valence-corrected chi connectivity index (χ3v) is 7.13. The summed E-state index contributed by atoms with van der Waals surface area (Å²) in [7, 11) is 0. The van der Waals surface area contributed by atoms with Gasteiger partial charge in [0.05, 0.1) is 28.7 Å². The molecule has 154 valence electrons. The lowest BCUT2D eigenvalue weighted by Crippen LogP contribution is -2.36. The lowest BCUT2D eigenvalue weighted by atomic mass is 10.2. The number of hydrogen-bond acceptors (Lipinski definition) is 7. The predicted octanol–water partition coefficient (Wildman–Crippen LogP) is 3.90. The molecule has 1 N–H and O–H groups in total. The van der Waals surface area contributed by atoms with Gasteiger partial charge in [0.25, 0.3) is 0 Å². The Kier molecular flexibility index (Phi) is 5.32. The highest BCUT2D eigenvalue weighted by molar-refractivity contribution is 8.00. The van der Waals surface area contributed by atoms with Crippen molar-refractivity contribution < 1.29 is 9.53 Å². The minimum atomic E-state index is -0.310. The Hall–Kier alpha value is -2.62. The van der Waals surface area contributed by atoms with Crippen LogP contribution in [-0.4, -0.2) is 52.1 Å². The van der Waals surface area contributed by atoms with Crippen LogP contribution in [0.5, 0.6) is 0 Å². The highest BCUT2D eigenvalue weighted by Crippen LogP contribution is 2.31. The van der Waals surface area contributed by atoms with Gasteiger partial charge in [0.2, 0.25) is 10.9 Å². The van der Waals surface area contributed by atoms with Crippen LogP contribution in [0.1, 0.15) is 6.92 Å². The normalized spacial score (nSPS) is 15.6. The van der Waals surface area contributed by atoms with E-state index in [1.54, 1.807) is 11.3 Å². The Morgan fingerprint density at radius 1 is 1.13 bits per heavy atom. The molecule has 0 aliphatic carbocycles. The van der Waals surface area contributed by atoms with Crippen molar-refractivity contribution in [2.75, 3.05) is 36.5 Å². The number of amides is 1. The van der Waals surface area contributed by atoms with Crippen molar-refractivity contribution in [1.82, 2.24) is 14.6 Å². The zero-order chi connectivity index (χ0) is 20.5. The summed E-state index contributed by atoms with van der Waals surface area (Å²) >= 11 is 3.01. The van der Waals surface area contributed by atoms with Crippen LogP contribution in [0.2, 0.25) is 0 Å². The van der Waals surface area contributed by atoms with Gasteiger partial charge in [-0.2, -0.15) is 0 Å². The molecular formula is C21H21N5O2S2. The summed E-state index contributed by atoms with van der Waals surface area (Å²) in [5, 5.41) is 12.0. The first kappa shape index (κ1) is 19.3. The van der Waals surface area contributed by atoms with Gasteiger partial charge >= 0.3 is 0 Å². The Balaban J connectivity index is 1.27. The lowest BCUT2D eigenvalue weighted by molar-refractivity contribution is -0.115. The van der Waals surface area contributed by atoms with E-state index in [2.05, 4.69) is 26.5 Å². The molecule has 0 radical (unpaired) electrons. The molecular weight excluding hydrogens is 418 g/mol. The molecule has 3 heterocycles. The first-order valence-corrected chi connectivity index (χ1v) is 11.5. The predicted molar refractivity (Wildman–Crippen MR) is 122 cm³/mol. The zero-order valence-electron chi connectivity index (χ0n) is 16.4. The van der Waals surface area contributed by atoms with Crippen molar-refractivity contribution in [3.63, 3.8) is 0 Å². The number of aromatic nitrogens is 3. The van der Waals surface area contributed by atoms with E-state index in [-0.39, 0.29) is 11.2 Å². The van der Waals surface area contributed by atoms with Gasteiger partial charge in [-0.05, 0) is 43.3 Å². The lowest BCUT2D eigenvalue weighted by Gasteiger charge is -2.28. The molecule has 30 heavy (non-hydrogen) atoms. The van der Waals surface area contributed by atoms with E-state index < -0.39 is 0 Å². The third-order valence-electron chi connectivity index (χ3n) is 5.07. The molecule has 1 aliphatic rings. The minimum Gasteiger partial charge on any atom is -0.378 e. The third kappa shape index (κ3) is 3.76. The quantitative estimate of drug-likeness (QED) is 0.476. The molecule has 1 aliphatic heterocycles. The number of nitrogens with zero attached hydrogens (tertiary/aromatic N) is 4. The van der Waals surface area contributed by atoms with Gasteiger partial charge in [0.15, 0.2) is 5.16 Å². The fraction of sp³-hybridized carbons (Fsp3) is 0.286. The molecule has 0 saturated carbocycles. The van der Waals surface area contributed by atoms with Crippen LogP contribution in [0, 0.1) is 0 Å². The average molecular weight is 440 g/mol. The van der Waals surface area contributed by atoms with E-state index >= 15 is 0 Å². The molecule has 0 spiro atoms. The maximum absolute atomic E-state index is 12.7. The van der Waals surface area contributed by atoms with Crippen LogP contribution in [0.4, 0.5) is 11.4 Å². The topological polar surface area (TPSA) is 71.8 Å². The molecule has 1 fully saturated rings. The largest absolute Gasteiger partial charge is 0.378 e. The summed E-state index contributed by atoms with van der Waals surface area (Å²) in [6, 6.07) is 16.1. The van der Waals surface area contributed by atoms with Gasteiger partial charge in [0.1, 0.15) is 0 Å². The summed E-state index contributed by atoms with van der Waals surface area (Å²) in [5.41, 5.74) is 3.00. The van der Waals surface area contributed by atoms with Crippen molar-refractivity contribution in [2.45, 2.75) is 17.3 Å². The highest BCUT2D eigenvalue weighted by Gasteiger charge is 2.20. The first-order chi connectivity index (χ1) is 14.7. The van der Waals surface area contributed by atoms with E-state index in [1.165, 1.54) is 11.8 Å². The maximum Gasteiger partial charge on any atom is 0.237 e. The number of carbonyl (C=O) groups excluding carboxylic acids is 1. The van der Waals surface area contributed by atoms with Gasteiger partial charge in [-0.3, -0.25) is 9.20 Å². The van der Waals surface area contributed by atoms with Crippen LogP contribution in [0.15, 0.2) is 53.7 Å². The second kappa shape index (κ2) is 8.25. The van der Waals surface area contributed by atoms with Crippen LogP contribution in [0.25, 0.3) is 15.2 Å². The molecule has 7 nitrogen and oxygen atoms in total. The second-order valence-electron chi connectivity index (χ2n) is 7.07. The van der Waals surface area contributed by atoms with Crippen molar-refractivity contribution in [2.24, 2.45) is 0 Å². The minimum absolute atomic E-state index is 0.0598. The molecule has 4 aromatic rings. The fourth-order valence-corrected chi connectivity index (χ4v) is 5.35. The number of para-hydroxylation sites is 1. The van der Waals surface area contributed by atoms with E-state index in [0.717, 1.165) is 58.0 Å². The summed E-state index contributed by atoms with van der Waals surface area (Å²) < 4.78 is 8.57. The van der Waals surface area contributed by atoms with Crippen LogP contribution < -0.4 is 10.2 Å².